The van der Waals surface area contributed by atoms with Crippen LogP contribution in [-0.4, -0.2) is 41.6 Å². The molecule has 1 saturated carbocycles. The molecule has 0 spiro atoms. The summed E-state index contributed by atoms with van der Waals surface area (Å²) in [4.78, 5) is 18.6. The lowest BCUT2D eigenvalue weighted by molar-refractivity contribution is -0.143. The Balaban J connectivity index is 2.13. The van der Waals surface area contributed by atoms with Crippen LogP contribution in [0.2, 0.25) is 0 Å². The van der Waals surface area contributed by atoms with Gasteiger partial charge in [-0.1, -0.05) is 36.8 Å². The molecule has 0 heterocycles. The van der Waals surface area contributed by atoms with Crippen molar-refractivity contribution in [3.63, 3.8) is 0 Å². The SMILES string of the molecule is C=CCOC(=O)[C@H](CCSC)N=C1CCCCC1Sc1ccc(C)cc1. The lowest BCUT2D eigenvalue weighted by Gasteiger charge is -2.25. The van der Waals surface area contributed by atoms with Gasteiger partial charge >= 0.3 is 5.97 Å². The molecule has 2 rings (SSSR count). The Morgan fingerprint density at radius 1 is 1.38 bits per heavy atom. The Morgan fingerprint density at radius 2 is 2.15 bits per heavy atom. The summed E-state index contributed by atoms with van der Waals surface area (Å²) in [6.07, 6.45) is 8.86. The van der Waals surface area contributed by atoms with Gasteiger partial charge in [0.25, 0.3) is 0 Å². The molecule has 1 unspecified atom stereocenters. The predicted molar refractivity (Wildman–Crippen MR) is 115 cm³/mol. The molecule has 142 valence electrons. The third kappa shape index (κ3) is 6.84. The van der Waals surface area contributed by atoms with Crippen LogP contribution in [-0.2, 0) is 9.53 Å². The third-order valence-corrected chi connectivity index (χ3v) is 6.33. The number of thioether (sulfide) groups is 2. The molecule has 1 aliphatic carbocycles. The molecular weight excluding hydrogens is 362 g/mol. The largest absolute Gasteiger partial charge is 0.460 e. The molecule has 0 aromatic heterocycles. The highest BCUT2D eigenvalue weighted by Crippen LogP contribution is 2.33. The highest BCUT2D eigenvalue weighted by molar-refractivity contribution is 8.00. The van der Waals surface area contributed by atoms with Crippen molar-refractivity contribution in [3.8, 4) is 0 Å². The lowest BCUT2D eigenvalue weighted by atomic mass is 9.97. The van der Waals surface area contributed by atoms with Crippen molar-refractivity contribution in [2.45, 2.75) is 55.2 Å². The van der Waals surface area contributed by atoms with E-state index in [2.05, 4.69) is 44.0 Å². The Morgan fingerprint density at radius 3 is 2.85 bits per heavy atom. The summed E-state index contributed by atoms with van der Waals surface area (Å²) in [7, 11) is 0. The second-order valence-corrected chi connectivity index (χ2v) is 8.76. The standard InChI is InChI=1S/C21H29NO2S2/c1-4-14-24-21(23)19(13-15-25-3)22-18-7-5-6-8-20(18)26-17-11-9-16(2)10-12-17/h4,9-12,19-20H,1,5-8,13-15H2,2-3H3/t19-,20?/m0/s1. The summed E-state index contributed by atoms with van der Waals surface area (Å²) in [5, 5.41) is 0.357. The van der Waals surface area contributed by atoms with Crippen LogP contribution in [0.15, 0.2) is 46.8 Å². The van der Waals surface area contributed by atoms with Crippen molar-refractivity contribution >= 4 is 35.2 Å². The Labute approximate surface area is 166 Å². The number of aryl methyl sites for hydroxylation is 1. The first-order valence-corrected chi connectivity index (χ1v) is 11.5. The van der Waals surface area contributed by atoms with Gasteiger partial charge in [0.1, 0.15) is 12.6 Å². The molecule has 1 aliphatic rings. The van der Waals surface area contributed by atoms with E-state index in [1.807, 2.05) is 11.8 Å². The van der Waals surface area contributed by atoms with E-state index in [-0.39, 0.29) is 12.6 Å². The summed E-state index contributed by atoms with van der Waals surface area (Å²) in [6, 6.07) is 8.26. The van der Waals surface area contributed by atoms with Crippen LogP contribution in [0.4, 0.5) is 0 Å². The van der Waals surface area contributed by atoms with Gasteiger partial charge in [-0.25, -0.2) is 4.79 Å². The van der Waals surface area contributed by atoms with E-state index in [1.54, 1.807) is 17.8 Å². The summed E-state index contributed by atoms with van der Waals surface area (Å²) >= 11 is 3.61. The number of hydrogen-bond donors (Lipinski definition) is 0. The maximum atomic E-state index is 12.4. The third-order valence-electron chi connectivity index (χ3n) is 4.35. The smallest absolute Gasteiger partial charge is 0.331 e. The lowest BCUT2D eigenvalue weighted by Crippen LogP contribution is -2.29. The maximum absolute atomic E-state index is 12.4. The molecule has 2 atom stereocenters. The summed E-state index contributed by atoms with van der Waals surface area (Å²) in [5.41, 5.74) is 2.44. The highest BCUT2D eigenvalue weighted by Gasteiger charge is 2.25. The second-order valence-electron chi connectivity index (χ2n) is 6.50. The molecule has 5 heteroatoms. The molecule has 0 aliphatic heterocycles. The van der Waals surface area contributed by atoms with Crippen LogP contribution < -0.4 is 0 Å². The van der Waals surface area contributed by atoms with Gasteiger partial charge in [0.2, 0.25) is 0 Å². The Kier molecular flexibility index (Phi) is 9.33. The van der Waals surface area contributed by atoms with Crippen LogP contribution in [0.25, 0.3) is 0 Å². The van der Waals surface area contributed by atoms with Crippen LogP contribution in [0.5, 0.6) is 0 Å². The molecule has 0 N–H and O–H groups in total. The van der Waals surface area contributed by atoms with Crippen LogP contribution in [0.1, 0.15) is 37.7 Å². The molecule has 1 aromatic rings. The fourth-order valence-electron chi connectivity index (χ4n) is 2.92. The number of carbonyl (C=O) groups excluding carboxylic acids is 1. The zero-order chi connectivity index (χ0) is 18.8. The van der Waals surface area contributed by atoms with E-state index in [9.17, 15) is 4.79 Å². The first kappa shape index (κ1) is 21.1. The summed E-state index contributed by atoms with van der Waals surface area (Å²) in [6.45, 7) is 5.97. The number of hydrogen-bond acceptors (Lipinski definition) is 5. The van der Waals surface area contributed by atoms with Crippen molar-refractivity contribution < 1.29 is 9.53 Å². The minimum atomic E-state index is -0.392. The van der Waals surface area contributed by atoms with Gasteiger partial charge < -0.3 is 4.74 Å². The van der Waals surface area contributed by atoms with E-state index in [0.29, 0.717) is 5.25 Å². The molecule has 0 saturated heterocycles. The molecule has 3 nitrogen and oxygen atoms in total. The summed E-state index contributed by atoms with van der Waals surface area (Å²) < 4.78 is 5.28. The van der Waals surface area contributed by atoms with Crippen molar-refractivity contribution in [1.82, 2.24) is 0 Å². The predicted octanol–water partition coefficient (Wildman–Crippen LogP) is 5.32. The maximum Gasteiger partial charge on any atom is 0.331 e. The van der Waals surface area contributed by atoms with E-state index in [1.165, 1.54) is 22.6 Å². The van der Waals surface area contributed by atoms with Gasteiger partial charge in [-0.15, -0.1) is 11.8 Å². The summed E-state index contributed by atoms with van der Waals surface area (Å²) in [5.74, 6) is 0.677. The quantitative estimate of drug-likeness (QED) is 0.422. The van der Waals surface area contributed by atoms with Gasteiger partial charge in [-0.05, 0) is 56.7 Å². The van der Waals surface area contributed by atoms with Crippen LogP contribution >= 0.6 is 23.5 Å². The van der Waals surface area contributed by atoms with Gasteiger partial charge in [0, 0.05) is 15.9 Å². The fraction of sp³-hybridized carbons (Fsp3) is 0.524. The Hall–Kier alpha value is -1.20. The molecule has 0 bridgehead atoms. The second kappa shape index (κ2) is 11.5. The number of nitrogens with zero attached hydrogens (tertiary/aromatic N) is 1. The van der Waals surface area contributed by atoms with Gasteiger partial charge in [-0.2, -0.15) is 11.8 Å². The van der Waals surface area contributed by atoms with E-state index < -0.39 is 6.04 Å². The van der Waals surface area contributed by atoms with Gasteiger partial charge in [0.15, 0.2) is 0 Å². The van der Waals surface area contributed by atoms with Crippen molar-refractivity contribution in [3.05, 3.63) is 42.5 Å². The highest BCUT2D eigenvalue weighted by atomic mass is 32.2. The molecule has 26 heavy (non-hydrogen) atoms. The van der Waals surface area contributed by atoms with Crippen LogP contribution in [0, 0.1) is 6.92 Å². The first-order valence-electron chi connectivity index (χ1n) is 9.20. The molecular formula is C21H29NO2S2. The van der Waals surface area contributed by atoms with Crippen molar-refractivity contribution in [1.29, 1.82) is 0 Å². The zero-order valence-electron chi connectivity index (χ0n) is 15.8. The average molecular weight is 392 g/mol. The number of esters is 1. The molecule has 0 amide bonds. The fourth-order valence-corrected chi connectivity index (χ4v) is 4.60. The van der Waals surface area contributed by atoms with E-state index >= 15 is 0 Å². The number of ether oxygens (including phenoxy) is 1. The monoisotopic (exact) mass is 391 g/mol. The number of benzene rings is 1. The minimum absolute atomic E-state index is 0.226. The van der Waals surface area contributed by atoms with Gasteiger partial charge in [0.05, 0.1) is 0 Å². The average Bonchev–Trinajstić information content (AvgIpc) is 2.66. The topological polar surface area (TPSA) is 38.7 Å². The number of rotatable bonds is 9. The van der Waals surface area contributed by atoms with Crippen molar-refractivity contribution in [2.75, 3.05) is 18.6 Å². The first-order chi connectivity index (χ1) is 12.6. The Bertz CT molecular complexity index is 613. The minimum Gasteiger partial charge on any atom is -0.460 e. The van der Waals surface area contributed by atoms with Gasteiger partial charge in [-0.3, -0.25) is 4.99 Å². The number of aliphatic imine (C=N–C) groups is 1. The normalized spacial score (nSPS) is 19.9. The van der Waals surface area contributed by atoms with E-state index in [4.69, 9.17) is 9.73 Å². The van der Waals surface area contributed by atoms with Crippen molar-refractivity contribution in [2.24, 2.45) is 4.99 Å². The molecule has 1 aromatic carbocycles. The van der Waals surface area contributed by atoms with E-state index in [0.717, 1.165) is 31.4 Å². The van der Waals surface area contributed by atoms with Crippen LogP contribution in [0.3, 0.4) is 0 Å². The zero-order valence-corrected chi connectivity index (χ0v) is 17.4. The molecule has 0 radical (unpaired) electrons. The number of carbonyl (C=O) groups is 1. The molecule has 1 fully saturated rings.